The quantitative estimate of drug-likeness (QED) is 0.871. The fourth-order valence-corrected chi connectivity index (χ4v) is 1.75. The van der Waals surface area contributed by atoms with Crippen LogP contribution in [0.15, 0.2) is 16.6 Å². The van der Waals surface area contributed by atoms with E-state index in [-0.39, 0.29) is 5.75 Å². The third-order valence-electron chi connectivity index (χ3n) is 1.99. The number of aromatic hydroxyl groups is 1. The van der Waals surface area contributed by atoms with Crippen molar-refractivity contribution in [2.45, 2.75) is 12.8 Å². The van der Waals surface area contributed by atoms with Crippen molar-refractivity contribution < 1.29 is 9.84 Å². The molecule has 0 saturated heterocycles. The van der Waals surface area contributed by atoms with Gasteiger partial charge in [0.05, 0.1) is 7.11 Å². The fraction of sp³-hybridized carbons (Fsp3) is 0.400. The third-order valence-corrected chi connectivity index (χ3v) is 2.45. The number of nitrogens with two attached hydrogens (primary N) is 1. The van der Waals surface area contributed by atoms with E-state index in [0.717, 1.165) is 22.9 Å². The van der Waals surface area contributed by atoms with Crippen LogP contribution in [0.5, 0.6) is 11.5 Å². The van der Waals surface area contributed by atoms with Crippen molar-refractivity contribution in [1.82, 2.24) is 0 Å². The molecule has 0 spiro atoms. The number of ether oxygens (including phenoxy) is 1. The minimum Gasteiger partial charge on any atom is -0.504 e. The van der Waals surface area contributed by atoms with Crippen molar-refractivity contribution in [3.8, 4) is 11.5 Å². The Bertz CT molecular complexity index is 315. The van der Waals surface area contributed by atoms with E-state index in [9.17, 15) is 5.11 Å². The largest absolute Gasteiger partial charge is 0.504 e. The number of hydrogen-bond acceptors (Lipinski definition) is 3. The summed E-state index contributed by atoms with van der Waals surface area (Å²) in [5.41, 5.74) is 6.27. The second-order valence-corrected chi connectivity index (χ2v) is 3.92. The molecular weight excluding hydrogens is 246 g/mol. The van der Waals surface area contributed by atoms with Gasteiger partial charge in [0, 0.05) is 4.47 Å². The summed E-state index contributed by atoms with van der Waals surface area (Å²) in [4.78, 5) is 0. The second kappa shape index (κ2) is 5.22. The predicted molar refractivity (Wildman–Crippen MR) is 59.7 cm³/mol. The molecule has 0 aromatic heterocycles. The Kier molecular flexibility index (Phi) is 4.22. The Morgan fingerprint density at radius 2 is 2.21 bits per heavy atom. The molecule has 4 heteroatoms. The third kappa shape index (κ3) is 2.62. The standard InChI is InChI=1S/C10H14BrNO2/c1-14-9-6-8(11)5-7(10(9)13)3-2-4-12/h5-6,13H,2-4,12H2,1H3. The van der Waals surface area contributed by atoms with E-state index in [0.29, 0.717) is 12.3 Å². The van der Waals surface area contributed by atoms with Gasteiger partial charge in [0.25, 0.3) is 0 Å². The number of phenolic OH excluding ortho intramolecular Hbond substituents is 1. The minimum absolute atomic E-state index is 0.212. The van der Waals surface area contributed by atoms with Crippen LogP contribution in [0, 0.1) is 0 Å². The van der Waals surface area contributed by atoms with Gasteiger partial charge in [0.2, 0.25) is 0 Å². The molecule has 1 aromatic carbocycles. The molecule has 0 saturated carbocycles. The molecule has 1 rings (SSSR count). The van der Waals surface area contributed by atoms with Crippen LogP contribution in [0.25, 0.3) is 0 Å². The lowest BCUT2D eigenvalue weighted by molar-refractivity contribution is 0.370. The molecule has 0 aliphatic heterocycles. The first kappa shape index (κ1) is 11.3. The molecule has 0 aliphatic rings. The van der Waals surface area contributed by atoms with Gasteiger partial charge in [0.1, 0.15) is 0 Å². The second-order valence-electron chi connectivity index (χ2n) is 3.01. The summed E-state index contributed by atoms with van der Waals surface area (Å²) >= 11 is 3.36. The molecular formula is C10H14BrNO2. The van der Waals surface area contributed by atoms with E-state index in [4.69, 9.17) is 10.5 Å². The Morgan fingerprint density at radius 1 is 1.50 bits per heavy atom. The summed E-state index contributed by atoms with van der Waals surface area (Å²) in [7, 11) is 1.54. The molecule has 0 aliphatic carbocycles. The minimum atomic E-state index is 0.212. The zero-order chi connectivity index (χ0) is 10.6. The van der Waals surface area contributed by atoms with Crippen LogP contribution in [0.2, 0.25) is 0 Å². The predicted octanol–water partition coefficient (Wildman–Crippen LogP) is 2.05. The molecule has 0 atom stereocenters. The number of aryl methyl sites for hydroxylation is 1. The maximum atomic E-state index is 9.75. The summed E-state index contributed by atoms with van der Waals surface area (Å²) in [6, 6.07) is 3.62. The zero-order valence-electron chi connectivity index (χ0n) is 8.09. The molecule has 0 bridgehead atoms. The van der Waals surface area contributed by atoms with Crippen LogP contribution in [0.1, 0.15) is 12.0 Å². The molecule has 0 radical (unpaired) electrons. The number of benzene rings is 1. The normalized spacial score (nSPS) is 10.2. The van der Waals surface area contributed by atoms with Crippen molar-refractivity contribution in [1.29, 1.82) is 0 Å². The number of hydrogen-bond donors (Lipinski definition) is 2. The van der Waals surface area contributed by atoms with Gasteiger partial charge in [0.15, 0.2) is 11.5 Å². The first-order valence-electron chi connectivity index (χ1n) is 4.44. The summed E-state index contributed by atoms with van der Waals surface area (Å²) < 4.78 is 5.94. The van der Waals surface area contributed by atoms with Crippen LogP contribution in [-0.2, 0) is 6.42 Å². The molecule has 14 heavy (non-hydrogen) atoms. The van der Waals surface area contributed by atoms with E-state index >= 15 is 0 Å². The van der Waals surface area contributed by atoms with Gasteiger partial charge in [-0.2, -0.15) is 0 Å². The average Bonchev–Trinajstić information content (AvgIpc) is 2.18. The molecule has 3 nitrogen and oxygen atoms in total. The lowest BCUT2D eigenvalue weighted by atomic mass is 10.1. The van der Waals surface area contributed by atoms with Crippen molar-refractivity contribution >= 4 is 15.9 Å². The summed E-state index contributed by atoms with van der Waals surface area (Å²) in [5, 5.41) is 9.75. The van der Waals surface area contributed by atoms with Crippen molar-refractivity contribution in [2.24, 2.45) is 5.73 Å². The van der Waals surface area contributed by atoms with Crippen molar-refractivity contribution in [2.75, 3.05) is 13.7 Å². The SMILES string of the molecule is COc1cc(Br)cc(CCCN)c1O. The Balaban J connectivity index is 2.96. The summed E-state index contributed by atoms with van der Waals surface area (Å²) in [5.74, 6) is 0.704. The number of halogens is 1. The molecule has 0 fully saturated rings. The average molecular weight is 260 g/mol. The van der Waals surface area contributed by atoms with Crippen LogP contribution in [0.4, 0.5) is 0 Å². The Morgan fingerprint density at radius 3 is 2.79 bits per heavy atom. The summed E-state index contributed by atoms with van der Waals surface area (Å²) in [6.07, 6.45) is 1.62. The Labute approximate surface area is 92.0 Å². The molecule has 78 valence electrons. The van der Waals surface area contributed by atoms with E-state index in [1.165, 1.54) is 7.11 Å². The molecule has 0 amide bonds. The molecule has 1 aromatic rings. The first-order valence-corrected chi connectivity index (χ1v) is 5.23. The van der Waals surface area contributed by atoms with Crippen molar-refractivity contribution in [3.05, 3.63) is 22.2 Å². The maximum Gasteiger partial charge on any atom is 0.161 e. The fourth-order valence-electron chi connectivity index (χ4n) is 1.27. The van der Waals surface area contributed by atoms with Crippen LogP contribution in [-0.4, -0.2) is 18.8 Å². The van der Waals surface area contributed by atoms with E-state index in [2.05, 4.69) is 15.9 Å². The highest BCUT2D eigenvalue weighted by molar-refractivity contribution is 9.10. The van der Waals surface area contributed by atoms with Gasteiger partial charge >= 0.3 is 0 Å². The van der Waals surface area contributed by atoms with Gasteiger partial charge in [-0.05, 0) is 37.1 Å². The molecule has 0 unspecified atom stereocenters. The molecule has 0 heterocycles. The lowest BCUT2D eigenvalue weighted by Gasteiger charge is -2.09. The van der Waals surface area contributed by atoms with Crippen LogP contribution in [0.3, 0.4) is 0 Å². The molecule has 3 N–H and O–H groups in total. The number of methoxy groups -OCH3 is 1. The maximum absolute atomic E-state index is 9.75. The van der Waals surface area contributed by atoms with Crippen LogP contribution >= 0.6 is 15.9 Å². The number of phenols is 1. The number of rotatable bonds is 4. The van der Waals surface area contributed by atoms with Gasteiger partial charge < -0.3 is 15.6 Å². The smallest absolute Gasteiger partial charge is 0.161 e. The van der Waals surface area contributed by atoms with Gasteiger partial charge in [-0.3, -0.25) is 0 Å². The van der Waals surface area contributed by atoms with Gasteiger partial charge in [-0.25, -0.2) is 0 Å². The first-order chi connectivity index (χ1) is 6.69. The highest BCUT2D eigenvalue weighted by Crippen LogP contribution is 2.34. The zero-order valence-corrected chi connectivity index (χ0v) is 9.67. The van der Waals surface area contributed by atoms with Crippen LogP contribution < -0.4 is 10.5 Å². The summed E-state index contributed by atoms with van der Waals surface area (Å²) in [6.45, 7) is 0.619. The van der Waals surface area contributed by atoms with Crippen molar-refractivity contribution in [3.63, 3.8) is 0 Å². The van der Waals surface area contributed by atoms with E-state index in [1.54, 1.807) is 6.07 Å². The topological polar surface area (TPSA) is 55.5 Å². The highest BCUT2D eigenvalue weighted by Gasteiger charge is 2.08. The monoisotopic (exact) mass is 259 g/mol. The van der Waals surface area contributed by atoms with E-state index < -0.39 is 0 Å². The highest BCUT2D eigenvalue weighted by atomic mass is 79.9. The van der Waals surface area contributed by atoms with E-state index in [1.807, 2.05) is 6.07 Å². The Hall–Kier alpha value is -0.740. The lowest BCUT2D eigenvalue weighted by Crippen LogP contribution is -2.01. The van der Waals surface area contributed by atoms with Gasteiger partial charge in [-0.15, -0.1) is 0 Å². The van der Waals surface area contributed by atoms with Gasteiger partial charge in [-0.1, -0.05) is 15.9 Å².